The summed E-state index contributed by atoms with van der Waals surface area (Å²) < 4.78 is 0. The Bertz CT molecular complexity index is 182. The van der Waals surface area contributed by atoms with Crippen LogP contribution >= 0.6 is 0 Å². The van der Waals surface area contributed by atoms with Gasteiger partial charge in [-0.25, -0.2) is 0 Å². The Balaban J connectivity index is 3.07. The monoisotopic (exact) mass is 206 g/mol. The van der Waals surface area contributed by atoms with Crippen molar-refractivity contribution in [2.45, 2.75) is 64.7 Å². The molecule has 0 nitrogen and oxygen atoms in total. The lowest BCUT2D eigenvalue weighted by Gasteiger charge is -1.96. The minimum atomic E-state index is 1.12. The third-order valence-corrected chi connectivity index (χ3v) is 2.50. The Morgan fingerprint density at radius 1 is 0.867 bits per heavy atom. The smallest absolute Gasteiger partial charge is 0.0272 e. The number of hydrogen-bond acceptors (Lipinski definition) is 0. The summed E-state index contributed by atoms with van der Waals surface area (Å²) in [5.41, 5.74) is 2.80. The van der Waals surface area contributed by atoms with Gasteiger partial charge in [0.25, 0.3) is 0 Å². The molecule has 15 heavy (non-hydrogen) atoms. The maximum absolute atomic E-state index is 3.54. The van der Waals surface area contributed by atoms with Gasteiger partial charge in [0.15, 0.2) is 0 Å². The molecule has 0 saturated carbocycles. The van der Waals surface area contributed by atoms with Crippen LogP contribution in [-0.2, 0) is 0 Å². The van der Waals surface area contributed by atoms with Crippen molar-refractivity contribution in [1.82, 2.24) is 0 Å². The second-order valence-corrected chi connectivity index (χ2v) is 4.01. The zero-order valence-electron chi connectivity index (χ0n) is 10.3. The molecule has 0 rings (SSSR count). The molecule has 0 aliphatic carbocycles. The van der Waals surface area contributed by atoms with E-state index in [-0.39, 0.29) is 0 Å². The van der Waals surface area contributed by atoms with Crippen LogP contribution in [-0.4, -0.2) is 0 Å². The zero-order chi connectivity index (χ0) is 11.2. The fraction of sp³-hybridized carbons (Fsp3) is 0.667. The molecule has 0 saturated heterocycles. The lowest BCUT2D eigenvalue weighted by molar-refractivity contribution is 0.637. The van der Waals surface area contributed by atoms with Crippen LogP contribution in [0.4, 0.5) is 0 Å². The van der Waals surface area contributed by atoms with Crippen molar-refractivity contribution < 1.29 is 0 Å². The van der Waals surface area contributed by atoms with E-state index < -0.39 is 0 Å². The molecular formula is C15H26. The lowest BCUT2D eigenvalue weighted by Crippen LogP contribution is -1.76. The third-order valence-electron chi connectivity index (χ3n) is 2.50. The Morgan fingerprint density at radius 3 is 2.20 bits per heavy atom. The van der Waals surface area contributed by atoms with Crippen molar-refractivity contribution in [1.29, 1.82) is 0 Å². The average Bonchev–Trinajstić information content (AvgIpc) is 2.26. The van der Waals surface area contributed by atoms with E-state index in [0.29, 0.717) is 0 Å². The van der Waals surface area contributed by atoms with E-state index in [2.05, 4.69) is 31.4 Å². The van der Waals surface area contributed by atoms with Gasteiger partial charge in [0.2, 0.25) is 0 Å². The van der Waals surface area contributed by atoms with Crippen molar-refractivity contribution in [2.75, 3.05) is 0 Å². The molecule has 0 heterocycles. The number of unbranched alkanes of at least 4 members (excludes halogenated alkanes) is 7. The van der Waals surface area contributed by atoms with E-state index in [1.165, 1.54) is 51.4 Å². The van der Waals surface area contributed by atoms with E-state index in [1.807, 2.05) is 6.08 Å². The summed E-state index contributed by atoms with van der Waals surface area (Å²) in [5.74, 6) is 0. The Kier molecular flexibility index (Phi) is 12.6. The summed E-state index contributed by atoms with van der Waals surface area (Å²) >= 11 is 0. The molecule has 0 aliphatic heterocycles. The van der Waals surface area contributed by atoms with Gasteiger partial charge in [0, 0.05) is 0 Å². The first-order valence-corrected chi connectivity index (χ1v) is 6.41. The minimum absolute atomic E-state index is 1.12. The van der Waals surface area contributed by atoms with Crippen LogP contribution in [0.3, 0.4) is 0 Å². The number of hydrogen-bond donors (Lipinski definition) is 0. The molecule has 0 bridgehead atoms. The molecule has 0 radical (unpaired) electrons. The summed E-state index contributed by atoms with van der Waals surface area (Å²) in [6.45, 7) is 5.81. The summed E-state index contributed by atoms with van der Waals surface area (Å²) in [5, 5.41) is 0. The molecule has 0 aliphatic rings. The molecule has 0 N–H and O–H groups in total. The maximum atomic E-state index is 3.54. The number of allylic oxidation sites excluding steroid dienone is 3. The fourth-order valence-electron chi connectivity index (χ4n) is 1.54. The Labute approximate surface area is 95.8 Å². The molecule has 0 fully saturated rings. The number of rotatable bonds is 10. The Morgan fingerprint density at radius 2 is 1.53 bits per heavy atom. The highest BCUT2D eigenvalue weighted by Gasteiger charge is 1.86. The first-order chi connectivity index (χ1) is 7.41. The molecule has 0 atom stereocenters. The van der Waals surface area contributed by atoms with Crippen molar-refractivity contribution in [3.63, 3.8) is 0 Å². The zero-order valence-corrected chi connectivity index (χ0v) is 10.3. The van der Waals surface area contributed by atoms with Crippen LogP contribution in [0.25, 0.3) is 0 Å². The highest BCUT2D eigenvalue weighted by Crippen LogP contribution is 2.06. The largest absolute Gasteiger partial charge is 0.133 e. The molecule has 0 aromatic rings. The van der Waals surface area contributed by atoms with Crippen molar-refractivity contribution >= 4 is 0 Å². The van der Waals surface area contributed by atoms with E-state index >= 15 is 0 Å². The van der Waals surface area contributed by atoms with E-state index in [4.69, 9.17) is 0 Å². The first kappa shape index (κ1) is 14.3. The molecule has 0 aromatic carbocycles. The average molecular weight is 206 g/mol. The van der Waals surface area contributed by atoms with Gasteiger partial charge >= 0.3 is 0 Å². The highest BCUT2D eigenvalue weighted by atomic mass is 13.9. The van der Waals surface area contributed by atoms with Crippen LogP contribution in [0.15, 0.2) is 30.5 Å². The van der Waals surface area contributed by atoms with Gasteiger partial charge < -0.3 is 0 Å². The third kappa shape index (κ3) is 13.3. The van der Waals surface area contributed by atoms with Gasteiger partial charge in [-0.3, -0.25) is 0 Å². The van der Waals surface area contributed by atoms with Crippen molar-refractivity contribution in [2.24, 2.45) is 0 Å². The van der Waals surface area contributed by atoms with Crippen LogP contribution in [0.1, 0.15) is 64.7 Å². The summed E-state index contributed by atoms with van der Waals surface area (Å²) in [6, 6.07) is 0. The maximum Gasteiger partial charge on any atom is -0.0272 e. The highest BCUT2D eigenvalue weighted by molar-refractivity contribution is 4.83. The predicted octanol–water partition coefficient (Wildman–Crippen LogP) is 5.41. The molecule has 0 aromatic heterocycles. The van der Waals surface area contributed by atoms with E-state index in [0.717, 1.165) is 6.42 Å². The fourth-order valence-corrected chi connectivity index (χ4v) is 1.54. The van der Waals surface area contributed by atoms with Gasteiger partial charge in [-0.05, 0) is 38.2 Å². The Hall–Kier alpha value is -0.740. The quantitative estimate of drug-likeness (QED) is 0.254. The molecule has 0 unspecified atom stereocenters. The normalized spacial score (nSPS) is 10.5. The molecule has 86 valence electrons. The molecule has 0 heteroatoms. The van der Waals surface area contributed by atoms with Crippen LogP contribution in [0, 0.1) is 0 Å². The van der Waals surface area contributed by atoms with Crippen LogP contribution in [0.2, 0.25) is 0 Å². The van der Waals surface area contributed by atoms with Crippen LogP contribution in [0.5, 0.6) is 0 Å². The van der Waals surface area contributed by atoms with Gasteiger partial charge in [0.05, 0.1) is 0 Å². The molecule has 0 amide bonds. The van der Waals surface area contributed by atoms with Crippen molar-refractivity contribution in [3.8, 4) is 0 Å². The van der Waals surface area contributed by atoms with Gasteiger partial charge in [-0.15, -0.1) is 5.73 Å². The molecular weight excluding hydrogens is 180 g/mol. The SMILES string of the molecule is C=C=CCCCC=CCCCCCCC. The summed E-state index contributed by atoms with van der Waals surface area (Å²) in [6.07, 6.45) is 18.4. The second kappa shape index (κ2) is 13.3. The molecule has 0 spiro atoms. The van der Waals surface area contributed by atoms with Crippen molar-refractivity contribution in [3.05, 3.63) is 30.5 Å². The van der Waals surface area contributed by atoms with Gasteiger partial charge in [0.1, 0.15) is 0 Å². The standard InChI is InChI=1S/C15H26/c1-3-5-7-9-11-13-15-14-12-10-8-6-4-2/h5,13,15H,1,4,6-12,14H2,2H3. The van der Waals surface area contributed by atoms with Gasteiger partial charge in [-0.2, -0.15) is 0 Å². The van der Waals surface area contributed by atoms with E-state index in [1.54, 1.807) is 0 Å². The van der Waals surface area contributed by atoms with Gasteiger partial charge in [-0.1, -0.05) is 51.3 Å². The second-order valence-electron chi connectivity index (χ2n) is 4.01. The minimum Gasteiger partial charge on any atom is -0.133 e. The van der Waals surface area contributed by atoms with Crippen LogP contribution < -0.4 is 0 Å². The lowest BCUT2D eigenvalue weighted by atomic mass is 10.1. The van der Waals surface area contributed by atoms with E-state index in [9.17, 15) is 0 Å². The summed E-state index contributed by atoms with van der Waals surface area (Å²) in [4.78, 5) is 0. The topological polar surface area (TPSA) is 0 Å². The predicted molar refractivity (Wildman–Crippen MR) is 70.1 cm³/mol. The summed E-state index contributed by atoms with van der Waals surface area (Å²) in [7, 11) is 0. The first-order valence-electron chi connectivity index (χ1n) is 6.41.